The quantitative estimate of drug-likeness (QED) is 0.928. The second kappa shape index (κ2) is 6.30. The lowest BCUT2D eigenvalue weighted by atomic mass is 9.88. The maximum Gasteiger partial charge on any atom is 0.133 e. The number of nitrogens with one attached hydrogen (secondary N) is 1. The number of nitrogens with zero attached hydrogens (tertiary/aromatic N) is 3. The molecule has 2 saturated heterocycles. The molecule has 0 amide bonds. The summed E-state index contributed by atoms with van der Waals surface area (Å²) in [4.78, 5) is 11.8. The van der Waals surface area contributed by atoms with Gasteiger partial charge in [0.25, 0.3) is 0 Å². The third-order valence-electron chi connectivity index (χ3n) is 4.91. The lowest BCUT2D eigenvalue weighted by molar-refractivity contribution is 0.318. The highest BCUT2D eigenvalue weighted by atomic mass is 15.2. The fraction of sp³-hybridized carbons (Fsp3) is 0.765. The van der Waals surface area contributed by atoms with Crippen molar-refractivity contribution < 1.29 is 0 Å². The van der Waals surface area contributed by atoms with Crippen molar-refractivity contribution in [1.29, 1.82) is 0 Å². The van der Waals surface area contributed by atoms with Crippen LogP contribution in [0.2, 0.25) is 0 Å². The summed E-state index contributed by atoms with van der Waals surface area (Å²) in [6, 6.07) is 2.91. The molecule has 1 aromatic rings. The Bertz CT molecular complexity index is 472. The van der Waals surface area contributed by atoms with E-state index in [1.807, 2.05) is 0 Å². The van der Waals surface area contributed by atoms with Gasteiger partial charge in [-0.3, -0.25) is 0 Å². The van der Waals surface area contributed by atoms with Gasteiger partial charge in [0, 0.05) is 36.8 Å². The van der Waals surface area contributed by atoms with E-state index < -0.39 is 0 Å². The van der Waals surface area contributed by atoms with Crippen LogP contribution < -0.4 is 10.2 Å². The first kappa shape index (κ1) is 14.8. The Balaban J connectivity index is 1.66. The lowest BCUT2D eigenvalue weighted by Crippen LogP contribution is -2.41. The van der Waals surface area contributed by atoms with Crippen LogP contribution in [0.5, 0.6) is 0 Å². The molecule has 0 aromatic carbocycles. The number of aryl methyl sites for hydroxylation is 1. The number of hydrogen-bond donors (Lipinski definition) is 1. The molecular weight excluding hydrogens is 260 g/mol. The Morgan fingerprint density at radius 1 is 1.19 bits per heavy atom. The lowest BCUT2D eigenvalue weighted by Gasteiger charge is -2.35. The van der Waals surface area contributed by atoms with E-state index in [-0.39, 0.29) is 0 Å². The van der Waals surface area contributed by atoms with E-state index in [1.54, 1.807) is 0 Å². The van der Waals surface area contributed by atoms with Gasteiger partial charge in [-0.05, 0) is 45.1 Å². The highest BCUT2D eigenvalue weighted by Crippen LogP contribution is 2.28. The molecule has 21 heavy (non-hydrogen) atoms. The minimum absolute atomic E-state index is 0.392. The van der Waals surface area contributed by atoms with Gasteiger partial charge in [0.05, 0.1) is 0 Å². The Kier molecular flexibility index (Phi) is 4.43. The zero-order valence-electron chi connectivity index (χ0n) is 13.6. The Morgan fingerprint density at radius 2 is 1.95 bits per heavy atom. The highest BCUT2D eigenvalue weighted by Gasteiger charge is 2.28. The highest BCUT2D eigenvalue weighted by molar-refractivity contribution is 5.40. The largest absolute Gasteiger partial charge is 0.356 e. The SMILES string of the molecule is Cc1cc(N2CCC(C3CCCN3)CC2)nc(C(C)C)n1. The number of anilines is 1. The Morgan fingerprint density at radius 3 is 2.57 bits per heavy atom. The van der Waals surface area contributed by atoms with Crippen LogP contribution in [0.3, 0.4) is 0 Å². The van der Waals surface area contributed by atoms with Crippen molar-refractivity contribution in [3.05, 3.63) is 17.6 Å². The van der Waals surface area contributed by atoms with Crippen molar-refractivity contribution in [2.75, 3.05) is 24.5 Å². The first-order chi connectivity index (χ1) is 10.1. The van der Waals surface area contributed by atoms with Crippen LogP contribution in [0, 0.1) is 12.8 Å². The molecule has 3 heterocycles. The molecule has 0 radical (unpaired) electrons. The molecule has 1 atom stereocenters. The second-order valence-electron chi connectivity index (χ2n) is 6.91. The molecule has 2 aliphatic rings. The molecular formula is C17H28N4. The smallest absolute Gasteiger partial charge is 0.133 e. The minimum atomic E-state index is 0.392. The number of hydrogen-bond acceptors (Lipinski definition) is 4. The van der Waals surface area contributed by atoms with Gasteiger partial charge in [-0.15, -0.1) is 0 Å². The predicted molar refractivity (Wildman–Crippen MR) is 86.8 cm³/mol. The summed E-state index contributed by atoms with van der Waals surface area (Å²) in [6.07, 6.45) is 5.30. The van der Waals surface area contributed by atoms with Crippen LogP contribution in [0.25, 0.3) is 0 Å². The third-order valence-corrected chi connectivity index (χ3v) is 4.91. The Hall–Kier alpha value is -1.16. The van der Waals surface area contributed by atoms with Crippen LogP contribution >= 0.6 is 0 Å². The summed E-state index contributed by atoms with van der Waals surface area (Å²) in [5, 5.41) is 3.67. The molecule has 0 bridgehead atoms. The molecule has 1 unspecified atom stereocenters. The van der Waals surface area contributed by atoms with E-state index >= 15 is 0 Å². The summed E-state index contributed by atoms with van der Waals surface area (Å²) >= 11 is 0. The van der Waals surface area contributed by atoms with Gasteiger partial charge in [-0.2, -0.15) is 0 Å². The van der Waals surface area contributed by atoms with Gasteiger partial charge in [-0.25, -0.2) is 9.97 Å². The molecule has 1 N–H and O–H groups in total. The third kappa shape index (κ3) is 3.37. The van der Waals surface area contributed by atoms with Gasteiger partial charge in [0.1, 0.15) is 11.6 Å². The van der Waals surface area contributed by atoms with Crippen molar-refractivity contribution in [3.63, 3.8) is 0 Å². The molecule has 1 aromatic heterocycles. The van der Waals surface area contributed by atoms with Crippen molar-refractivity contribution >= 4 is 5.82 Å². The summed E-state index contributed by atoms with van der Waals surface area (Å²) in [5.74, 6) is 3.36. The van der Waals surface area contributed by atoms with E-state index in [9.17, 15) is 0 Å². The van der Waals surface area contributed by atoms with Crippen molar-refractivity contribution in [3.8, 4) is 0 Å². The van der Waals surface area contributed by atoms with Crippen LogP contribution in [0.4, 0.5) is 5.82 Å². The average Bonchev–Trinajstić information content (AvgIpc) is 3.01. The van der Waals surface area contributed by atoms with Gasteiger partial charge in [-0.1, -0.05) is 13.8 Å². The van der Waals surface area contributed by atoms with Crippen LogP contribution in [-0.2, 0) is 0 Å². The molecule has 2 fully saturated rings. The molecule has 116 valence electrons. The Labute approximate surface area is 128 Å². The van der Waals surface area contributed by atoms with Crippen molar-refractivity contribution in [2.24, 2.45) is 5.92 Å². The zero-order chi connectivity index (χ0) is 14.8. The molecule has 2 aliphatic heterocycles. The number of piperidine rings is 1. The molecule has 0 saturated carbocycles. The first-order valence-electron chi connectivity index (χ1n) is 8.47. The topological polar surface area (TPSA) is 41.0 Å². The molecule has 0 spiro atoms. The number of aromatic nitrogens is 2. The zero-order valence-corrected chi connectivity index (χ0v) is 13.6. The van der Waals surface area contributed by atoms with Gasteiger partial charge in [0.15, 0.2) is 0 Å². The van der Waals surface area contributed by atoms with Gasteiger partial charge in [0.2, 0.25) is 0 Å². The number of rotatable bonds is 3. The van der Waals surface area contributed by atoms with E-state index in [0.717, 1.165) is 42.4 Å². The summed E-state index contributed by atoms with van der Waals surface area (Å²) in [5.41, 5.74) is 1.09. The van der Waals surface area contributed by atoms with E-state index in [0.29, 0.717) is 5.92 Å². The van der Waals surface area contributed by atoms with Crippen LogP contribution in [0.1, 0.15) is 57.0 Å². The molecule has 3 rings (SSSR count). The van der Waals surface area contributed by atoms with Crippen molar-refractivity contribution in [1.82, 2.24) is 15.3 Å². The predicted octanol–water partition coefficient (Wildman–Crippen LogP) is 2.88. The van der Waals surface area contributed by atoms with E-state index in [2.05, 4.69) is 42.0 Å². The molecule has 4 heteroatoms. The van der Waals surface area contributed by atoms with Gasteiger partial charge < -0.3 is 10.2 Å². The second-order valence-corrected chi connectivity index (χ2v) is 6.91. The maximum atomic E-state index is 4.78. The molecule has 0 aliphatic carbocycles. The van der Waals surface area contributed by atoms with Crippen molar-refractivity contribution in [2.45, 2.75) is 58.4 Å². The maximum absolute atomic E-state index is 4.78. The first-order valence-corrected chi connectivity index (χ1v) is 8.47. The summed E-state index contributed by atoms with van der Waals surface area (Å²) in [6.45, 7) is 9.89. The average molecular weight is 288 g/mol. The van der Waals surface area contributed by atoms with E-state index in [1.165, 1.54) is 32.2 Å². The molecule has 4 nitrogen and oxygen atoms in total. The summed E-state index contributed by atoms with van der Waals surface area (Å²) < 4.78 is 0. The van der Waals surface area contributed by atoms with Gasteiger partial charge >= 0.3 is 0 Å². The van der Waals surface area contributed by atoms with Crippen LogP contribution in [-0.4, -0.2) is 35.6 Å². The van der Waals surface area contributed by atoms with E-state index in [4.69, 9.17) is 4.98 Å². The standard InChI is InChI=1S/C17H28N4/c1-12(2)17-19-13(3)11-16(20-17)21-9-6-14(7-10-21)15-5-4-8-18-15/h11-12,14-15,18H,4-10H2,1-3H3. The fourth-order valence-corrected chi connectivity index (χ4v) is 3.64. The monoisotopic (exact) mass is 288 g/mol. The summed E-state index contributed by atoms with van der Waals surface area (Å²) in [7, 11) is 0. The fourth-order valence-electron chi connectivity index (χ4n) is 3.64. The van der Waals surface area contributed by atoms with Crippen LogP contribution in [0.15, 0.2) is 6.07 Å². The minimum Gasteiger partial charge on any atom is -0.356 e. The normalized spacial score (nSPS) is 24.0.